The third kappa shape index (κ3) is 2.94. The van der Waals surface area contributed by atoms with E-state index in [9.17, 15) is 10.1 Å². The van der Waals surface area contributed by atoms with E-state index in [4.69, 9.17) is 14.6 Å². The average molecular weight is 268 g/mol. The van der Waals surface area contributed by atoms with Gasteiger partial charge < -0.3 is 19.5 Å². The van der Waals surface area contributed by atoms with E-state index in [1.54, 1.807) is 12.1 Å². The van der Waals surface area contributed by atoms with E-state index < -0.39 is 4.92 Å². The van der Waals surface area contributed by atoms with E-state index in [0.717, 1.165) is 0 Å². The first kappa shape index (κ1) is 13.6. The monoisotopic (exact) mass is 268 g/mol. The molecule has 1 fully saturated rings. The Labute approximate surface area is 110 Å². The summed E-state index contributed by atoms with van der Waals surface area (Å²) in [6, 6.07) is 4.75. The number of morpholine rings is 1. The van der Waals surface area contributed by atoms with Crippen LogP contribution in [0.1, 0.15) is 0 Å². The number of ether oxygens (including phenoxy) is 2. The normalized spacial score (nSPS) is 19.3. The number of nitro groups is 1. The van der Waals surface area contributed by atoms with Crippen LogP contribution in [-0.2, 0) is 4.74 Å². The van der Waals surface area contributed by atoms with E-state index in [-0.39, 0.29) is 18.4 Å². The molecule has 0 saturated carbocycles. The fraction of sp³-hybridized carbons (Fsp3) is 0.500. The molecule has 0 amide bonds. The number of anilines is 1. The molecule has 1 saturated heterocycles. The second kappa shape index (κ2) is 5.85. The molecule has 0 aliphatic carbocycles. The number of hydrogen-bond donors (Lipinski definition) is 1. The van der Waals surface area contributed by atoms with Crippen molar-refractivity contribution in [2.45, 2.75) is 6.10 Å². The molecule has 1 aromatic carbocycles. The Kier molecular flexibility index (Phi) is 4.18. The SMILES string of the molecule is COc1ccc(N2CCOC(CO)C2)c([N+](=O)[O-])c1. The molecule has 7 nitrogen and oxygen atoms in total. The van der Waals surface area contributed by atoms with Crippen LogP contribution in [-0.4, -0.2) is 49.5 Å². The standard InChI is InChI=1S/C12H16N2O5/c1-18-9-2-3-11(12(6-9)14(16)17)13-4-5-19-10(7-13)8-15/h2-3,6,10,15H,4-5,7-8H2,1H3. The molecule has 7 heteroatoms. The van der Waals surface area contributed by atoms with Crippen molar-refractivity contribution in [1.29, 1.82) is 0 Å². The number of rotatable bonds is 4. The summed E-state index contributed by atoms with van der Waals surface area (Å²) in [5, 5.41) is 20.2. The Bertz CT molecular complexity index is 465. The predicted octanol–water partition coefficient (Wildman–Crippen LogP) is 0.801. The van der Waals surface area contributed by atoms with Crippen molar-refractivity contribution in [3.8, 4) is 5.75 Å². The average Bonchev–Trinajstić information content (AvgIpc) is 2.46. The molecular formula is C12H16N2O5. The maximum atomic E-state index is 11.1. The molecule has 0 bridgehead atoms. The van der Waals surface area contributed by atoms with Gasteiger partial charge in [-0.05, 0) is 12.1 Å². The number of nitro benzene ring substituents is 1. The molecule has 1 aliphatic rings. The highest BCUT2D eigenvalue weighted by atomic mass is 16.6. The van der Waals surface area contributed by atoms with Gasteiger partial charge in [0.1, 0.15) is 11.4 Å². The number of benzene rings is 1. The van der Waals surface area contributed by atoms with E-state index in [1.165, 1.54) is 13.2 Å². The zero-order valence-electron chi connectivity index (χ0n) is 10.6. The molecule has 1 aromatic rings. The minimum absolute atomic E-state index is 0.00191. The number of methoxy groups -OCH3 is 1. The lowest BCUT2D eigenvalue weighted by Crippen LogP contribution is -2.44. The van der Waals surface area contributed by atoms with Gasteiger partial charge in [0.2, 0.25) is 0 Å². The lowest BCUT2D eigenvalue weighted by atomic mass is 10.2. The number of aliphatic hydroxyl groups is 1. The minimum Gasteiger partial charge on any atom is -0.496 e. The first-order chi connectivity index (χ1) is 9.15. The van der Waals surface area contributed by atoms with Gasteiger partial charge in [-0.1, -0.05) is 0 Å². The van der Waals surface area contributed by atoms with Crippen LogP contribution in [0.4, 0.5) is 11.4 Å². The number of nitrogens with zero attached hydrogens (tertiary/aromatic N) is 2. The van der Waals surface area contributed by atoms with Crippen molar-refractivity contribution in [2.75, 3.05) is 38.3 Å². The smallest absolute Gasteiger partial charge is 0.296 e. The van der Waals surface area contributed by atoms with Crippen molar-refractivity contribution >= 4 is 11.4 Å². The molecule has 1 N–H and O–H groups in total. The van der Waals surface area contributed by atoms with Crippen LogP contribution in [0.5, 0.6) is 5.75 Å². The summed E-state index contributed by atoms with van der Waals surface area (Å²) >= 11 is 0. The summed E-state index contributed by atoms with van der Waals surface area (Å²) in [4.78, 5) is 12.5. The van der Waals surface area contributed by atoms with Gasteiger partial charge in [-0.2, -0.15) is 0 Å². The van der Waals surface area contributed by atoms with Crippen LogP contribution in [0, 0.1) is 10.1 Å². The lowest BCUT2D eigenvalue weighted by molar-refractivity contribution is -0.384. The molecule has 0 aromatic heterocycles. The maximum absolute atomic E-state index is 11.1. The van der Waals surface area contributed by atoms with Crippen molar-refractivity contribution in [1.82, 2.24) is 0 Å². The van der Waals surface area contributed by atoms with Crippen LogP contribution in [0.25, 0.3) is 0 Å². The molecule has 1 unspecified atom stereocenters. The molecule has 1 heterocycles. The van der Waals surface area contributed by atoms with Crippen molar-refractivity contribution in [3.05, 3.63) is 28.3 Å². The number of hydrogen-bond acceptors (Lipinski definition) is 6. The van der Waals surface area contributed by atoms with Crippen LogP contribution in [0.15, 0.2) is 18.2 Å². The van der Waals surface area contributed by atoms with Gasteiger partial charge >= 0.3 is 0 Å². The second-order valence-corrected chi connectivity index (χ2v) is 4.23. The third-order valence-corrected chi connectivity index (χ3v) is 3.06. The molecule has 1 aliphatic heterocycles. The van der Waals surface area contributed by atoms with E-state index >= 15 is 0 Å². The lowest BCUT2D eigenvalue weighted by Gasteiger charge is -2.33. The molecule has 2 rings (SSSR count). The highest BCUT2D eigenvalue weighted by Gasteiger charge is 2.26. The topological polar surface area (TPSA) is 85.1 Å². The molecule has 0 spiro atoms. The van der Waals surface area contributed by atoms with Crippen molar-refractivity contribution in [3.63, 3.8) is 0 Å². The summed E-state index contributed by atoms with van der Waals surface area (Å²) in [6.45, 7) is 1.34. The first-order valence-electron chi connectivity index (χ1n) is 5.95. The quantitative estimate of drug-likeness (QED) is 0.642. The first-order valence-corrected chi connectivity index (χ1v) is 5.95. The van der Waals surface area contributed by atoms with Crippen LogP contribution in [0.3, 0.4) is 0 Å². The third-order valence-electron chi connectivity index (χ3n) is 3.06. The molecule has 1 atom stereocenters. The zero-order valence-corrected chi connectivity index (χ0v) is 10.6. The summed E-state index contributed by atoms with van der Waals surface area (Å²) < 4.78 is 10.3. The Balaban J connectivity index is 2.30. The summed E-state index contributed by atoms with van der Waals surface area (Å²) in [5.74, 6) is 0.447. The highest BCUT2D eigenvalue weighted by molar-refractivity contribution is 5.65. The fourth-order valence-corrected chi connectivity index (χ4v) is 2.09. The maximum Gasteiger partial charge on any atom is 0.296 e. The van der Waals surface area contributed by atoms with Crippen LogP contribution < -0.4 is 9.64 Å². The predicted molar refractivity (Wildman–Crippen MR) is 68.7 cm³/mol. The Hall–Kier alpha value is -1.86. The van der Waals surface area contributed by atoms with Gasteiger partial charge in [0.05, 0.1) is 37.4 Å². The van der Waals surface area contributed by atoms with Gasteiger partial charge in [0.15, 0.2) is 0 Å². The fourth-order valence-electron chi connectivity index (χ4n) is 2.09. The van der Waals surface area contributed by atoms with Crippen molar-refractivity contribution < 1.29 is 19.5 Å². The van der Waals surface area contributed by atoms with Gasteiger partial charge in [-0.15, -0.1) is 0 Å². The van der Waals surface area contributed by atoms with E-state index in [1.807, 2.05) is 4.90 Å². The summed E-state index contributed by atoms with van der Waals surface area (Å²) in [5.41, 5.74) is 0.519. The minimum atomic E-state index is -0.429. The summed E-state index contributed by atoms with van der Waals surface area (Å²) in [6.07, 6.45) is -0.310. The van der Waals surface area contributed by atoms with Gasteiger partial charge in [-0.25, -0.2) is 0 Å². The molecule has 19 heavy (non-hydrogen) atoms. The Morgan fingerprint density at radius 2 is 2.42 bits per heavy atom. The highest BCUT2D eigenvalue weighted by Crippen LogP contribution is 2.32. The molecule has 104 valence electrons. The van der Waals surface area contributed by atoms with Gasteiger partial charge in [0, 0.05) is 13.1 Å². The molecule has 0 radical (unpaired) electrons. The second-order valence-electron chi connectivity index (χ2n) is 4.23. The van der Waals surface area contributed by atoms with Gasteiger partial charge in [-0.3, -0.25) is 10.1 Å². The van der Waals surface area contributed by atoms with E-state index in [0.29, 0.717) is 31.1 Å². The van der Waals surface area contributed by atoms with Crippen LogP contribution >= 0.6 is 0 Å². The number of aliphatic hydroxyl groups excluding tert-OH is 1. The van der Waals surface area contributed by atoms with Gasteiger partial charge in [0.25, 0.3) is 5.69 Å². The zero-order chi connectivity index (χ0) is 13.8. The largest absolute Gasteiger partial charge is 0.496 e. The Morgan fingerprint density at radius 1 is 1.63 bits per heavy atom. The van der Waals surface area contributed by atoms with Crippen molar-refractivity contribution in [2.24, 2.45) is 0 Å². The van der Waals surface area contributed by atoms with E-state index in [2.05, 4.69) is 0 Å². The van der Waals surface area contributed by atoms with Crippen LogP contribution in [0.2, 0.25) is 0 Å². The Morgan fingerprint density at radius 3 is 3.05 bits per heavy atom. The molecular weight excluding hydrogens is 252 g/mol. The summed E-state index contributed by atoms with van der Waals surface area (Å²) in [7, 11) is 1.47.